The lowest BCUT2D eigenvalue weighted by Gasteiger charge is -2.20. The van der Waals surface area contributed by atoms with E-state index in [9.17, 15) is 0 Å². The van der Waals surface area contributed by atoms with Crippen molar-refractivity contribution in [3.8, 4) is 0 Å². The van der Waals surface area contributed by atoms with Crippen LogP contribution in [0.4, 0.5) is 5.69 Å². The van der Waals surface area contributed by atoms with Crippen molar-refractivity contribution in [1.82, 2.24) is 0 Å². The van der Waals surface area contributed by atoms with Gasteiger partial charge in [-0.15, -0.1) is 0 Å². The van der Waals surface area contributed by atoms with E-state index < -0.39 is 4.08 Å². The van der Waals surface area contributed by atoms with E-state index in [1.54, 1.807) is 0 Å². The number of nitrogen functional groups attached to an aromatic ring is 1. The first-order valence-corrected chi connectivity index (χ1v) is 4.46. The number of hydrogen-bond acceptors (Lipinski definition) is 4. The molecule has 0 fully saturated rings. The Hall–Kier alpha value is -0.320. The van der Waals surface area contributed by atoms with Gasteiger partial charge in [0, 0.05) is 12.2 Å². The van der Waals surface area contributed by atoms with Gasteiger partial charge < -0.3 is 11.5 Å². The van der Waals surface area contributed by atoms with E-state index in [0.29, 0.717) is 6.54 Å². The number of hydrogen-bond donors (Lipinski definition) is 4. The molecule has 0 unspecified atom stereocenters. The van der Waals surface area contributed by atoms with Gasteiger partial charge in [-0.2, -0.15) is 25.3 Å². The summed E-state index contributed by atoms with van der Waals surface area (Å²) < 4.78 is -0.562. The molecule has 0 amide bonds. The van der Waals surface area contributed by atoms with E-state index in [-0.39, 0.29) is 0 Å². The van der Waals surface area contributed by atoms with Gasteiger partial charge >= 0.3 is 0 Å². The van der Waals surface area contributed by atoms with Crippen molar-refractivity contribution in [2.75, 3.05) is 12.3 Å². The molecule has 0 radical (unpaired) electrons. The highest BCUT2D eigenvalue weighted by atomic mass is 32.2. The number of nitrogens with two attached hydrogens (primary N) is 2. The van der Waals surface area contributed by atoms with E-state index in [1.165, 1.54) is 0 Å². The average Bonchev–Trinajstić information content (AvgIpc) is 2.05. The Morgan fingerprint density at radius 2 is 1.67 bits per heavy atom. The molecule has 4 heteroatoms. The highest BCUT2D eigenvalue weighted by Crippen LogP contribution is 2.31. The van der Waals surface area contributed by atoms with Crippen molar-refractivity contribution in [1.29, 1.82) is 0 Å². The molecule has 0 spiro atoms. The van der Waals surface area contributed by atoms with Crippen molar-refractivity contribution >= 4 is 30.9 Å². The molecule has 0 saturated carbocycles. The Kier molecular flexibility index (Phi) is 2.93. The summed E-state index contributed by atoms with van der Waals surface area (Å²) in [6.07, 6.45) is 0. The smallest absolute Gasteiger partial charge is 0.0925 e. The number of benzene rings is 1. The van der Waals surface area contributed by atoms with Crippen molar-refractivity contribution in [3.63, 3.8) is 0 Å². The molecule has 0 heterocycles. The Morgan fingerprint density at radius 1 is 1.17 bits per heavy atom. The molecule has 0 atom stereocenters. The van der Waals surface area contributed by atoms with E-state index in [1.807, 2.05) is 24.3 Å². The number of anilines is 1. The third kappa shape index (κ3) is 2.09. The fourth-order valence-electron chi connectivity index (χ4n) is 0.868. The summed E-state index contributed by atoms with van der Waals surface area (Å²) >= 11 is 8.62. The first kappa shape index (κ1) is 9.77. The highest BCUT2D eigenvalue weighted by Gasteiger charge is 2.20. The molecule has 0 bridgehead atoms. The molecule has 0 saturated heterocycles. The summed E-state index contributed by atoms with van der Waals surface area (Å²) in [7, 11) is 0. The highest BCUT2D eigenvalue weighted by molar-refractivity contribution is 7.99. The second-order valence-corrected chi connectivity index (χ2v) is 4.52. The summed E-state index contributed by atoms with van der Waals surface area (Å²) in [5.41, 5.74) is 12.7. The van der Waals surface area contributed by atoms with Crippen molar-refractivity contribution in [3.05, 3.63) is 29.8 Å². The van der Waals surface area contributed by atoms with E-state index in [4.69, 9.17) is 11.5 Å². The molecule has 1 rings (SSSR count). The van der Waals surface area contributed by atoms with Crippen LogP contribution in [-0.2, 0) is 4.08 Å². The van der Waals surface area contributed by atoms with E-state index >= 15 is 0 Å². The van der Waals surface area contributed by atoms with Crippen molar-refractivity contribution in [2.45, 2.75) is 4.08 Å². The molecule has 2 nitrogen and oxygen atoms in total. The van der Waals surface area contributed by atoms with Crippen LogP contribution in [-0.4, -0.2) is 6.54 Å². The zero-order valence-corrected chi connectivity index (χ0v) is 8.35. The van der Waals surface area contributed by atoms with Crippen LogP contribution in [0.15, 0.2) is 24.3 Å². The summed E-state index contributed by atoms with van der Waals surface area (Å²) in [4.78, 5) is 0. The Labute approximate surface area is 83.2 Å². The molecule has 0 aliphatic heterocycles. The van der Waals surface area contributed by atoms with Crippen molar-refractivity contribution in [2.24, 2.45) is 5.73 Å². The topological polar surface area (TPSA) is 52.0 Å². The van der Waals surface area contributed by atoms with Crippen LogP contribution in [0.25, 0.3) is 0 Å². The first-order chi connectivity index (χ1) is 5.56. The molecule has 0 aliphatic carbocycles. The van der Waals surface area contributed by atoms with Gasteiger partial charge in [-0.25, -0.2) is 0 Å². The largest absolute Gasteiger partial charge is 0.399 e. The van der Waals surface area contributed by atoms with E-state index in [0.717, 1.165) is 11.3 Å². The maximum absolute atomic E-state index is 5.53. The maximum atomic E-state index is 5.53. The second kappa shape index (κ2) is 3.60. The molecule has 66 valence electrons. The van der Waals surface area contributed by atoms with Gasteiger partial charge in [-0.1, -0.05) is 12.1 Å². The fourth-order valence-corrected chi connectivity index (χ4v) is 1.17. The lowest BCUT2D eigenvalue weighted by molar-refractivity contribution is 0.892. The zero-order valence-electron chi connectivity index (χ0n) is 6.57. The molecule has 1 aromatic rings. The molecule has 1 aromatic carbocycles. The van der Waals surface area contributed by atoms with Crippen LogP contribution in [0.5, 0.6) is 0 Å². The molecular weight excluding hydrogens is 188 g/mol. The quantitative estimate of drug-likeness (QED) is 0.330. The predicted octanol–water partition coefficient (Wildman–Crippen LogP) is 1.24. The van der Waals surface area contributed by atoms with Crippen molar-refractivity contribution < 1.29 is 0 Å². The normalized spacial score (nSPS) is 11.6. The SMILES string of the molecule is NCC(S)(S)c1ccc(N)cc1. The summed E-state index contributed by atoms with van der Waals surface area (Å²) in [5, 5.41) is 0. The third-order valence-corrected chi connectivity index (χ3v) is 2.54. The van der Waals surface area contributed by atoms with Gasteiger partial charge in [0.25, 0.3) is 0 Å². The Morgan fingerprint density at radius 3 is 2.08 bits per heavy atom. The average molecular weight is 200 g/mol. The third-order valence-electron chi connectivity index (χ3n) is 1.66. The van der Waals surface area contributed by atoms with Crippen LogP contribution in [0.1, 0.15) is 5.56 Å². The van der Waals surface area contributed by atoms with Gasteiger partial charge in [0.15, 0.2) is 0 Å². The lowest BCUT2D eigenvalue weighted by atomic mass is 10.1. The molecule has 12 heavy (non-hydrogen) atoms. The molecule has 0 aliphatic rings. The number of thiol groups is 2. The fraction of sp³-hybridized carbons (Fsp3) is 0.250. The molecular formula is C8H12N2S2. The van der Waals surface area contributed by atoms with Gasteiger partial charge in [-0.3, -0.25) is 0 Å². The maximum Gasteiger partial charge on any atom is 0.0925 e. The van der Waals surface area contributed by atoms with Crippen LogP contribution in [0.3, 0.4) is 0 Å². The first-order valence-electron chi connectivity index (χ1n) is 3.57. The molecule has 0 aromatic heterocycles. The summed E-state index contributed by atoms with van der Waals surface area (Å²) in [6, 6.07) is 7.38. The van der Waals surface area contributed by atoms with Gasteiger partial charge in [0.05, 0.1) is 4.08 Å². The van der Waals surface area contributed by atoms with Gasteiger partial charge in [0.2, 0.25) is 0 Å². The van der Waals surface area contributed by atoms with Crippen LogP contribution in [0.2, 0.25) is 0 Å². The standard InChI is InChI=1S/C8H12N2S2/c9-5-8(11,12)6-1-3-7(10)4-2-6/h1-4,11-12H,5,9-10H2. The number of rotatable bonds is 2. The van der Waals surface area contributed by atoms with Crippen LogP contribution < -0.4 is 11.5 Å². The Balaban J connectivity index is 2.96. The minimum Gasteiger partial charge on any atom is -0.399 e. The van der Waals surface area contributed by atoms with Crippen LogP contribution in [0, 0.1) is 0 Å². The lowest BCUT2D eigenvalue weighted by Crippen LogP contribution is -2.22. The molecule has 4 N–H and O–H groups in total. The Bertz CT molecular complexity index is 256. The predicted molar refractivity (Wildman–Crippen MR) is 59.6 cm³/mol. The minimum absolute atomic E-state index is 0.378. The minimum atomic E-state index is -0.562. The summed E-state index contributed by atoms with van der Waals surface area (Å²) in [5.74, 6) is 0. The van der Waals surface area contributed by atoms with Gasteiger partial charge in [0.1, 0.15) is 0 Å². The summed E-state index contributed by atoms with van der Waals surface area (Å²) in [6.45, 7) is 0.378. The monoisotopic (exact) mass is 200 g/mol. The zero-order chi connectivity index (χ0) is 9.19. The van der Waals surface area contributed by atoms with Gasteiger partial charge in [-0.05, 0) is 17.7 Å². The second-order valence-electron chi connectivity index (χ2n) is 2.64. The van der Waals surface area contributed by atoms with Crippen LogP contribution >= 0.6 is 25.3 Å². The van der Waals surface area contributed by atoms with E-state index in [2.05, 4.69) is 25.3 Å².